The topological polar surface area (TPSA) is 97.0 Å². The fourth-order valence-electron chi connectivity index (χ4n) is 4.75. The number of nitrogens with zero attached hydrogens (tertiary/aromatic N) is 1. The second kappa shape index (κ2) is 13.4. The minimum absolute atomic E-state index is 0.0857. The maximum Gasteiger partial charge on any atom is 0.573 e. The van der Waals surface area contributed by atoms with Crippen LogP contribution >= 0.6 is 11.6 Å². The second-order valence-electron chi connectivity index (χ2n) is 10.4. The van der Waals surface area contributed by atoms with Crippen LogP contribution in [-0.2, 0) is 22.2 Å². The molecule has 0 aliphatic carbocycles. The molecule has 0 fully saturated rings. The van der Waals surface area contributed by atoms with E-state index >= 15 is 0 Å². The highest BCUT2D eigenvalue weighted by Crippen LogP contribution is 2.36. The molecule has 0 aromatic heterocycles. The van der Waals surface area contributed by atoms with E-state index < -0.39 is 84.1 Å². The van der Waals surface area contributed by atoms with E-state index in [1.807, 2.05) is 0 Å². The fourth-order valence-corrected chi connectivity index (χ4v) is 4.91. The summed E-state index contributed by atoms with van der Waals surface area (Å²) in [6.45, 7) is 2.93. The molecule has 0 saturated heterocycles. The van der Waals surface area contributed by atoms with E-state index in [0.717, 1.165) is 12.1 Å². The molecule has 1 heterocycles. The number of hydrogen-bond acceptors (Lipinski definition) is 5. The number of benzene rings is 3. The molecule has 3 aromatic carbocycles. The first-order valence-electron chi connectivity index (χ1n) is 13.5. The smallest absolute Gasteiger partial charge is 0.489 e. The summed E-state index contributed by atoms with van der Waals surface area (Å²) >= 11 is 6.07. The Labute approximate surface area is 262 Å². The molecule has 0 saturated carbocycles. The largest absolute Gasteiger partial charge is 0.573 e. The Morgan fingerprint density at radius 3 is 2.39 bits per heavy atom. The maximum atomic E-state index is 13.7. The van der Waals surface area contributed by atoms with Crippen molar-refractivity contribution in [2.24, 2.45) is 0 Å². The van der Waals surface area contributed by atoms with Crippen molar-refractivity contribution >= 4 is 35.0 Å². The highest BCUT2D eigenvalue weighted by Gasteiger charge is 2.39. The number of para-hydroxylation sites is 1. The van der Waals surface area contributed by atoms with Crippen LogP contribution in [-0.4, -0.2) is 48.8 Å². The standard InChI is InChI=1S/C30H25ClF7N3O5/c1-15(2)41-23-10-7-17(31)12-25(23)45-14-22(28(41)44)40-27(43)21(11-16-5-3-4-6-24(16)46-30(36,37)38)39-26(42)19-9-8-18(32)13-20(19)29(33,34)35/h3-10,12-13,15,21-22H,11,14H2,1-2H3,(H,39,42)(H,40,43)/t21-,22-/m1/s1. The second-order valence-corrected chi connectivity index (χ2v) is 10.8. The van der Waals surface area contributed by atoms with Gasteiger partial charge in [-0.3, -0.25) is 14.4 Å². The van der Waals surface area contributed by atoms with Gasteiger partial charge in [0.1, 0.15) is 36.0 Å². The lowest BCUT2D eigenvalue weighted by Gasteiger charge is -2.29. The molecule has 246 valence electrons. The number of rotatable bonds is 8. The minimum Gasteiger partial charge on any atom is -0.489 e. The summed E-state index contributed by atoms with van der Waals surface area (Å²) in [5, 5.41) is 4.77. The molecule has 2 N–H and O–H groups in total. The Balaban J connectivity index is 1.69. The highest BCUT2D eigenvalue weighted by atomic mass is 35.5. The van der Waals surface area contributed by atoms with Crippen LogP contribution in [0.25, 0.3) is 0 Å². The zero-order chi connectivity index (χ0) is 34.0. The first kappa shape index (κ1) is 34.3. The van der Waals surface area contributed by atoms with Gasteiger partial charge in [-0.25, -0.2) is 4.39 Å². The zero-order valence-corrected chi connectivity index (χ0v) is 24.7. The number of ether oxygens (including phenoxy) is 2. The summed E-state index contributed by atoms with van der Waals surface area (Å²) in [4.78, 5) is 41.7. The van der Waals surface area contributed by atoms with Gasteiger partial charge in [-0.2, -0.15) is 13.2 Å². The van der Waals surface area contributed by atoms with Crippen LogP contribution in [0.15, 0.2) is 60.7 Å². The quantitative estimate of drug-likeness (QED) is 0.283. The number of carbonyl (C=O) groups is 3. The van der Waals surface area contributed by atoms with Crippen molar-refractivity contribution in [1.29, 1.82) is 0 Å². The van der Waals surface area contributed by atoms with Crippen molar-refractivity contribution in [1.82, 2.24) is 10.6 Å². The van der Waals surface area contributed by atoms with Crippen LogP contribution in [0.3, 0.4) is 0 Å². The van der Waals surface area contributed by atoms with Crippen molar-refractivity contribution in [2.45, 2.75) is 50.9 Å². The third kappa shape index (κ3) is 8.19. The number of nitrogens with one attached hydrogen (secondary N) is 2. The molecule has 1 aliphatic heterocycles. The summed E-state index contributed by atoms with van der Waals surface area (Å²) in [5.41, 5.74) is -2.63. The fraction of sp³-hybridized carbons (Fsp3) is 0.300. The van der Waals surface area contributed by atoms with E-state index in [0.29, 0.717) is 22.8 Å². The molecule has 4 rings (SSSR count). The molecular formula is C30H25ClF7N3O5. The lowest BCUT2D eigenvalue weighted by atomic mass is 10.0. The molecule has 46 heavy (non-hydrogen) atoms. The van der Waals surface area contributed by atoms with Gasteiger partial charge in [0.25, 0.3) is 11.8 Å². The van der Waals surface area contributed by atoms with Gasteiger partial charge in [0.2, 0.25) is 5.91 Å². The zero-order valence-electron chi connectivity index (χ0n) is 23.9. The Kier molecular flexibility index (Phi) is 10.0. The summed E-state index contributed by atoms with van der Waals surface area (Å²) in [6, 6.07) is 6.58. The predicted octanol–water partition coefficient (Wildman–Crippen LogP) is 6.06. The highest BCUT2D eigenvalue weighted by molar-refractivity contribution is 6.30. The summed E-state index contributed by atoms with van der Waals surface area (Å²) in [6.07, 6.45) is -11.0. The lowest BCUT2D eigenvalue weighted by Crippen LogP contribution is -2.57. The van der Waals surface area contributed by atoms with Crippen LogP contribution in [0.5, 0.6) is 11.5 Å². The molecule has 3 aromatic rings. The van der Waals surface area contributed by atoms with E-state index in [2.05, 4.69) is 15.4 Å². The normalized spacial score (nSPS) is 15.8. The van der Waals surface area contributed by atoms with Crippen molar-refractivity contribution in [3.63, 3.8) is 0 Å². The van der Waals surface area contributed by atoms with E-state index in [4.69, 9.17) is 16.3 Å². The lowest BCUT2D eigenvalue weighted by molar-refractivity contribution is -0.274. The number of halogens is 8. The Bertz CT molecular complexity index is 1630. The number of anilines is 1. The monoisotopic (exact) mass is 675 g/mol. The molecule has 1 aliphatic rings. The van der Waals surface area contributed by atoms with E-state index in [-0.39, 0.29) is 17.4 Å². The Morgan fingerprint density at radius 2 is 1.74 bits per heavy atom. The Hall–Kier alpha value is -4.53. The molecule has 3 amide bonds. The van der Waals surface area contributed by atoms with Gasteiger partial charge < -0.3 is 25.0 Å². The molecule has 0 spiro atoms. The van der Waals surface area contributed by atoms with Gasteiger partial charge in [-0.15, -0.1) is 13.2 Å². The van der Waals surface area contributed by atoms with Crippen LogP contribution in [0.2, 0.25) is 5.02 Å². The Morgan fingerprint density at radius 1 is 1.04 bits per heavy atom. The van der Waals surface area contributed by atoms with Gasteiger partial charge in [0.15, 0.2) is 0 Å². The first-order valence-corrected chi connectivity index (χ1v) is 13.9. The number of fused-ring (bicyclic) bond motifs is 1. The molecular weight excluding hydrogens is 651 g/mol. The van der Waals surface area contributed by atoms with Gasteiger partial charge >= 0.3 is 12.5 Å². The van der Waals surface area contributed by atoms with Crippen molar-refractivity contribution in [2.75, 3.05) is 11.5 Å². The van der Waals surface area contributed by atoms with E-state index in [9.17, 15) is 45.1 Å². The first-order chi connectivity index (χ1) is 21.4. The summed E-state index contributed by atoms with van der Waals surface area (Å²) < 4.78 is 104. The van der Waals surface area contributed by atoms with Crippen LogP contribution < -0.4 is 25.0 Å². The SMILES string of the molecule is CC(C)N1C(=O)[C@H](NC(=O)[C@@H](Cc2ccccc2OC(F)(F)F)NC(=O)c2ccc(F)cc2C(F)(F)F)COc2cc(Cl)ccc21. The maximum absolute atomic E-state index is 13.7. The molecule has 0 bridgehead atoms. The minimum atomic E-state index is -5.18. The van der Waals surface area contributed by atoms with Crippen LogP contribution in [0.4, 0.5) is 36.4 Å². The van der Waals surface area contributed by atoms with Crippen molar-refractivity contribution in [3.05, 3.63) is 88.2 Å². The van der Waals surface area contributed by atoms with Crippen LogP contribution in [0, 0.1) is 5.82 Å². The van der Waals surface area contributed by atoms with Gasteiger partial charge in [-0.05, 0) is 55.8 Å². The molecule has 2 atom stereocenters. The molecule has 0 radical (unpaired) electrons. The predicted molar refractivity (Wildman–Crippen MR) is 151 cm³/mol. The number of hydrogen-bond donors (Lipinski definition) is 2. The number of alkyl halides is 6. The molecule has 16 heteroatoms. The van der Waals surface area contributed by atoms with Crippen molar-refractivity contribution < 1.29 is 54.6 Å². The average molecular weight is 676 g/mol. The summed E-state index contributed by atoms with van der Waals surface area (Å²) in [7, 11) is 0. The molecule has 0 unspecified atom stereocenters. The summed E-state index contributed by atoms with van der Waals surface area (Å²) in [5.74, 6) is -5.12. The third-order valence-electron chi connectivity index (χ3n) is 6.73. The van der Waals surface area contributed by atoms with Crippen molar-refractivity contribution in [3.8, 4) is 11.5 Å². The van der Waals surface area contributed by atoms with Gasteiger partial charge in [0, 0.05) is 23.6 Å². The van der Waals surface area contributed by atoms with E-state index in [1.54, 1.807) is 13.8 Å². The van der Waals surface area contributed by atoms with Gasteiger partial charge in [-0.1, -0.05) is 29.8 Å². The van der Waals surface area contributed by atoms with Crippen LogP contribution in [0.1, 0.15) is 35.3 Å². The number of amides is 3. The average Bonchev–Trinajstić information content (AvgIpc) is 3.08. The molecule has 8 nitrogen and oxygen atoms in total. The van der Waals surface area contributed by atoms with E-state index in [1.165, 1.54) is 35.2 Å². The van der Waals surface area contributed by atoms with Gasteiger partial charge in [0.05, 0.1) is 16.8 Å². The third-order valence-corrected chi connectivity index (χ3v) is 6.97. The number of carbonyl (C=O) groups excluding carboxylic acids is 3.